The van der Waals surface area contributed by atoms with E-state index in [4.69, 9.17) is 0 Å². The minimum Gasteiger partial charge on any atom is -0.388 e. The maximum Gasteiger partial charge on any atom is 0.273 e. The average molecular weight is 297 g/mol. The lowest BCUT2D eigenvalue weighted by Crippen LogP contribution is -2.00. The van der Waals surface area contributed by atoms with Gasteiger partial charge in [0.1, 0.15) is 5.82 Å². The van der Waals surface area contributed by atoms with Gasteiger partial charge in [-0.1, -0.05) is 0 Å². The summed E-state index contributed by atoms with van der Waals surface area (Å²) < 4.78 is 39.8. The molecule has 2 N–H and O–H groups in total. The molecule has 0 bridgehead atoms. The highest BCUT2D eigenvalue weighted by Gasteiger charge is 2.14. The summed E-state index contributed by atoms with van der Waals surface area (Å²) >= 11 is 0. The zero-order valence-electron chi connectivity index (χ0n) is 10.8. The first-order chi connectivity index (χ1) is 9.90. The van der Waals surface area contributed by atoms with Crippen molar-refractivity contribution in [3.8, 4) is 0 Å². The van der Waals surface area contributed by atoms with E-state index >= 15 is 0 Å². The lowest BCUT2D eigenvalue weighted by atomic mass is 10.2. The van der Waals surface area contributed by atoms with E-state index in [1.54, 1.807) is 7.05 Å². The van der Waals surface area contributed by atoms with Gasteiger partial charge in [-0.05, 0) is 6.07 Å². The van der Waals surface area contributed by atoms with E-state index in [1.807, 2.05) is 0 Å². The Morgan fingerprint density at radius 2 is 1.71 bits per heavy atom. The number of nitro groups is 1. The van der Waals surface area contributed by atoms with E-state index in [-0.39, 0.29) is 11.4 Å². The summed E-state index contributed by atoms with van der Waals surface area (Å²) in [5, 5.41) is 15.9. The molecule has 0 fully saturated rings. The van der Waals surface area contributed by atoms with Crippen molar-refractivity contribution in [2.75, 3.05) is 17.7 Å². The van der Waals surface area contributed by atoms with Gasteiger partial charge in [-0.25, -0.2) is 13.2 Å². The fraction of sp³-hybridized carbons (Fsp3) is 0.0769. The van der Waals surface area contributed by atoms with Gasteiger partial charge in [-0.2, -0.15) is 0 Å². The van der Waals surface area contributed by atoms with Crippen LogP contribution in [-0.2, 0) is 0 Å². The zero-order chi connectivity index (χ0) is 15.6. The molecular formula is C13H10F3N3O2. The number of benzene rings is 2. The summed E-state index contributed by atoms with van der Waals surface area (Å²) in [6, 6.07) is 5.01. The first-order valence-corrected chi connectivity index (χ1v) is 5.79. The number of non-ortho nitro benzene ring substituents is 1. The monoisotopic (exact) mass is 297 g/mol. The van der Waals surface area contributed by atoms with Crippen molar-refractivity contribution < 1.29 is 18.1 Å². The maximum atomic E-state index is 13.6. The van der Waals surface area contributed by atoms with Crippen LogP contribution in [0.1, 0.15) is 0 Å². The van der Waals surface area contributed by atoms with E-state index in [2.05, 4.69) is 10.6 Å². The minimum absolute atomic E-state index is 0.123. The number of halogens is 3. The summed E-state index contributed by atoms with van der Waals surface area (Å²) in [6.45, 7) is 0. The highest BCUT2D eigenvalue weighted by Crippen LogP contribution is 2.28. The SMILES string of the molecule is CNc1cc(Nc2cc(F)cc(F)c2F)cc([N+](=O)[O-])c1. The third kappa shape index (κ3) is 3.22. The number of hydrogen-bond acceptors (Lipinski definition) is 4. The standard InChI is InChI=1S/C13H10F3N3O2/c1-17-8-4-9(6-10(5-8)19(20)21)18-12-3-7(14)2-11(15)13(12)16/h2-6,17-18H,1H3. The second-order valence-electron chi connectivity index (χ2n) is 4.15. The maximum absolute atomic E-state index is 13.6. The van der Waals surface area contributed by atoms with Crippen molar-refractivity contribution in [1.29, 1.82) is 0 Å². The van der Waals surface area contributed by atoms with Gasteiger partial charge >= 0.3 is 0 Å². The number of nitrogens with one attached hydrogen (secondary N) is 2. The molecule has 0 aliphatic rings. The Bertz CT molecular complexity index is 707. The van der Waals surface area contributed by atoms with E-state index in [1.165, 1.54) is 12.1 Å². The van der Waals surface area contributed by atoms with Crippen molar-refractivity contribution in [2.45, 2.75) is 0 Å². The van der Waals surface area contributed by atoms with E-state index < -0.39 is 28.1 Å². The topological polar surface area (TPSA) is 67.2 Å². The van der Waals surface area contributed by atoms with Crippen molar-refractivity contribution >= 4 is 22.7 Å². The Morgan fingerprint density at radius 1 is 1.05 bits per heavy atom. The largest absolute Gasteiger partial charge is 0.388 e. The normalized spacial score (nSPS) is 10.3. The van der Waals surface area contributed by atoms with Gasteiger partial charge in [0.15, 0.2) is 11.6 Å². The molecule has 110 valence electrons. The van der Waals surface area contributed by atoms with E-state index in [0.717, 1.165) is 12.1 Å². The van der Waals surface area contributed by atoms with Gasteiger partial charge in [0.05, 0.1) is 10.6 Å². The lowest BCUT2D eigenvalue weighted by molar-refractivity contribution is -0.384. The van der Waals surface area contributed by atoms with Crippen molar-refractivity contribution in [3.63, 3.8) is 0 Å². The lowest BCUT2D eigenvalue weighted by Gasteiger charge is -2.10. The quantitative estimate of drug-likeness (QED) is 0.512. The van der Waals surface area contributed by atoms with Crippen LogP contribution in [0.15, 0.2) is 30.3 Å². The summed E-state index contributed by atoms with van der Waals surface area (Å²) in [5.74, 6) is -3.58. The second-order valence-corrected chi connectivity index (χ2v) is 4.15. The van der Waals surface area contributed by atoms with Crippen LogP contribution in [0, 0.1) is 27.6 Å². The fourth-order valence-corrected chi connectivity index (χ4v) is 1.74. The molecule has 2 aromatic carbocycles. The van der Waals surface area contributed by atoms with Crippen LogP contribution in [0.4, 0.5) is 35.9 Å². The molecule has 0 aliphatic carbocycles. The van der Waals surface area contributed by atoms with Crippen LogP contribution in [0.25, 0.3) is 0 Å². The van der Waals surface area contributed by atoms with Crippen LogP contribution >= 0.6 is 0 Å². The molecule has 0 aromatic heterocycles. The smallest absolute Gasteiger partial charge is 0.273 e. The second kappa shape index (κ2) is 5.70. The summed E-state index contributed by atoms with van der Waals surface area (Å²) in [7, 11) is 1.55. The summed E-state index contributed by atoms with van der Waals surface area (Å²) in [5.41, 5.74) is -0.182. The van der Waals surface area contributed by atoms with E-state index in [9.17, 15) is 23.3 Å². The van der Waals surface area contributed by atoms with Crippen LogP contribution in [0.5, 0.6) is 0 Å². The van der Waals surface area contributed by atoms with Crippen LogP contribution in [0.3, 0.4) is 0 Å². The Kier molecular flexibility index (Phi) is 3.97. The summed E-state index contributed by atoms with van der Waals surface area (Å²) in [4.78, 5) is 10.2. The molecule has 0 spiro atoms. The Hall–Kier alpha value is -2.77. The van der Waals surface area contributed by atoms with E-state index in [0.29, 0.717) is 11.8 Å². The van der Waals surface area contributed by atoms with Gasteiger partial charge in [0.25, 0.3) is 5.69 Å². The number of rotatable bonds is 4. The van der Waals surface area contributed by atoms with Gasteiger partial charge in [0, 0.05) is 42.7 Å². The molecule has 0 heterocycles. The molecule has 0 radical (unpaired) electrons. The highest BCUT2D eigenvalue weighted by atomic mass is 19.2. The third-order valence-corrected chi connectivity index (χ3v) is 2.69. The molecule has 21 heavy (non-hydrogen) atoms. The van der Waals surface area contributed by atoms with Crippen molar-refractivity contribution in [1.82, 2.24) is 0 Å². The van der Waals surface area contributed by atoms with Crippen LogP contribution in [-0.4, -0.2) is 12.0 Å². The molecule has 0 unspecified atom stereocenters. The predicted molar refractivity (Wildman–Crippen MR) is 72.2 cm³/mol. The molecular weight excluding hydrogens is 287 g/mol. The molecule has 0 amide bonds. The zero-order valence-corrected chi connectivity index (χ0v) is 10.8. The van der Waals surface area contributed by atoms with Crippen molar-refractivity contribution in [2.24, 2.45) is 0 Å². The number of nitrogens with zero attached hydrogens (tertiary/aromatic N) is 1. The molecule has 0 saturated carbocycles. The fourth-order valence-electron chi connectivity index (χ4n) is 1.74. The molecule has 8 heteroatoms. The number of anilines is 3. The summed E-state index contributed by atoms with van der Waals surface area (Å²) in [6.07, 6.45) is 0. The predicted octanol–water partition coefficient (Wildman–Crippen LogP) is 3.80. The molecule has 2 aromatic rings. The van der Waals surface area contributed by atoms with Gasteiger partial charge in [-0.3, -0.25) is 10.1 Å². The van der Waals surface area contributed by atoms with Gasteiger partial charge in [0.2, 0.25) is 0 Å². The Labute approximate surface area is 117 Å². The third-order valence-electron chi connectivity index (χ3n) is 2.69. The molecule has 0 aliphatic heterocycles. The highest BCUT2D eigenvalue weighted by molar-refractivity contribution is 5.69. The van der Waals surface area contributed by atoms with Gasteiger partial charge in [-0.15, -0.1) is 0 Å². The molecule has 2 rings (SSSR count). The first-order valence-electron chi connectivity index (χ1n) is 5.79. The molecule has 5 nitrogen and oxygen atoms in total. The van der Waals surface area contributed by atoms with Crippen molar-refractivity contribution in [3.05, 3.63) is 57.9 Å². The first kappa shape index (κ1) is 14.6. The Morgan fingerprint density at radius 3 is 2.33 bits per heavy atom. The minimum atomic E-state index is -1.35. The van der Waals surface area contributed by atoms with Gasteiger partial charge < -0.3 is 10.6 Å². The Balaban J connectivity index is 2.44. The van der Waals surface area contributed by atoms with Crippen LogP contribution in [0.2, 0.25) is 0 Å². The van der Waals surface area contributed by atoms with Crippen LogP contribution < -0.4 is 10.6 Å². The number of hydrogen-bond donors (Lipinski definition) is 2. The molecule has 0 saturated heterocycles. The number of nitro benzene ring substituents is 1. The molecule has 0 atom stereocenters. The average Bonchev–Trinajstić information content (AvgIpc) is 2.43.